The highest BCUT2D eigenvalue weighted by Gasteiger charge is 2.27. The summed E-state index contributed by atoms with van der Waals surface area (Å²) in [7, 11) is 0. The third-order valence-electron chi connectivity index (χ3n) is 5.65. The second-order valence-electron chi connectivity index (χ2n) is 7.88. The molecule has 0 unspecified atom stereocenters. The molecule has 0 radical (unpaired) electrons. The van der Waals surface area contributed by atoms with Crippen LogP contribution in [0.3, 0.4) is 0 Å². The van der Waals surface area contributed by atoms with Gasteiger partial charge in [0.15, 0.2) is 0 Å². The van der Waals surface area contributed by atoms with E-state index in [9.17, 15) is 4.79 Å². The van der Waals surface area contributed by atoms with E-state index in [0.29, 0.717) is 29.5 Å². The minimum Gasteiger partial charge on any atom is -0.468 e. The first-order valence-electron chi connectivity index (χ1n) is 10.4. The standard InChI is InChI=1S/C23H27ClN4O2/c1-16-7-9-18(10-8-16)15-28-22(24)21(17(2)26-28)23(29)25-14-19(20-6-5-13-30-20)27-11-3-4-12-27/h5-10,13,19H,3-4,11-12,14-15H2,1-2H3,(H,25,29)/t19-/m1/s1. The molecule has 1 N–H and O–H groups in total. The van der Waals surface area contributed by atoms with E-state index in [1.54, 1.807) is 10.9 Å². The van der Waals surface area contributed by atoms with E-state index in [1.165, 1.54) is 18.4 Å². The van der Waals surface area contributed by atoms with E-state index in [2.05, 4.69) is 34.4 Å². The highest BCUT2D eigenvalue weighted by Crippen LogP contribution is 2.26. The Labute approximate surface area is 181 Å². The van der Waals surface area contributed by atoms with E-state index < -0.39 is 0 Å². The van der Waals surface area contributed by atoms with Crippen LogP contribution in [0.2, 0.25) is 5.15 Å². The molecule has 1 aromatic carbocycles. The molecular formula is C23H27ClN4O2. The second-order valence-corrected chi connectivity index (χ2v) is 8.24. The predicted molar refractivity (Wildman–Crippen MR) is 117 cm³/mol. The molecule has 30 heavy (non-hydrogen) atoms. The maximum Gasteiger partial charge on any atom is 0.256 e. The lowest BCUT2D eigenvalue weighted by atomic mass is 10.1. The molecule has 1 amide bonds. The second kappa shape index (κ2) is 9.06. The quantitative estimate of drug-likeness (QED) is 0.609. The van der Waals surface area contributed by atoms with Gasteiger partial charge in [0.25, 0.3) is 5.91 Å². The molecule has 1 aliphatic rings. The number of aryl methyl sites for hydroxylation is 2. The summed E-state index contributed by atoms with van der Waals surface area (Å²) >= 11 is 6.56. The van der Waals surface area contributed by atoms with Crippen molar-refractivity contribution in [3.63, 3.8) is 0 Å². The zero-order valence-corrected chi connectivity index (χ0v) is 18.2. The van der Waals surface area contributed by atoms with Gasteiger partial charge in [0, 0.05) is 6.54 Å². The van der Waals surface area contributed by atoms with Gasteiger partial charge in [0.05, 0.1) is 30.1 Å². The fourth-order valence-electron chi connectivity index (χ4n) is 4.00. The molecule has 1 fully saturated rings. The van der Waals surface area contributed by atoms with Crippen LogP contribution in [0.25, 0.3) is 0 Å². The van der Waals surface area contributed by atoms with Crippen LogP contribution < -0.4 is 5.32 Å². The van der Waals surface area contributed by atoms with E-state index in [4.69, 9.17) is 16.0 Å². The number of likely N-dealkylation sites (tertiary alicyclic amines) is 1. The SMILES string of the molecule is Cc1ccc(Cn2nc(C)c(C(=O)NC[C@H](c3ccco3)N3CCCC3)c2Cl)cc1. The highest BCUT2D eigenvalue weighted by atomic mass is 35.5. The van der Waals surface area contributed by atoms with Gasteiger partial charge in [0.1, 0.15) is 10.9 Å². The number of carbonyl (C=O) groups excluding carboxylic acids is 1. The van der Waals surface area contributed by atoms with Gasteiger partial charge in [-0.05, 0) is 57.5 Å². The van der Waals surface area contributed by atoms with Gasteiger partial charge < -0.3 is 9.73 Å². The van der Waals surface area contributed by atoms with E-state index >= 15 is 0 Å². The molecule has 6 nitrogen and oxygen atoms in total. The number of amides is 1. The summed E-state index contributed by atoms with van der Waals surface area (Å²) in [5, 5.41) is 7.91. The normalized spacial score (nSPS) is 15.4. The van der Waals surface area contributed by atoms with Gasteiger partial charge in [0.2, 0.25) is 0 Å². The van der Waals surface area contributed by atoms with Gasteiger partial charge in [-0.2, -0.15) is 5.10 Å². The number of nitrogens with zero attached hydrogens (tertiary/aromatic N) is 3. The van der Waals surface area contributed by atoms with Gasteiger partial charge in [-0.1, -0.05) is 41.4 Å². The Morgan fingerprint density at radius 1 is 1.20 bits per heavy atom. The lowest BCUT2D eigenvalue weighted by Crippen LogP contribution is -2.36. The van der Waals surface area contributed by atoms with Crippen LogP contribution in [0.4, 0.5) is 0 Å². The number of hydrogen-bond acceptors (Lipinski definition) is 4. The molecule has 158 valence electrons. The first-order chi connectivity index (χ1) is 14.5. The molecule has 1 aliphatic heterocycles. The fraction of sp³-hybridized carbons (Fsp3) is 0.391. The largest absolute Gasteiger partial charge is 0.468 e. The average Bonchev–Trinajstić information content (AvgIpc) is 3.48. The van der Waals surface area contributed by atoms with Crippen molar-refractivity contribution < 1.29 is 9.21 Å². The maximum absolute atomic E-state index is 13.0. The molecule has 1 atom stereocenters. The molecule has 0 bridgehead atoms. The zero-order chi connectivity index (χ0) is 21.1. The van der Waals surface area contributed by atoms with Gasteiger partial charge >= 0.3 is 0 Å². The molecule has 1 saturated heterocycles. The summed E-state index contributed by atoms with van der Waals surface area (Å²) in [6.07, 6.45) is 4.01. The number of nitrogens with one attached hydrogen (secondary N) is 1. The lowest BCUT2D eigenvalue weighted by Gasteiger charge is -2.26. The molecule has 7 heteroatoms. The summed E-state index contributed by atoms with van der Waals surface area (Å²) in [6, 6.07) is 12.1. The summed E-state index contributed by atoms with van der Waals surface area (Å²) in [6.45, 7) is 6.87. The number of carbonyl (C=O) groups is 1. The lowest BCUT2D eigenvalue weighted by molar-refractivity contribution is 0.0933. The van der Waals surface area contributed by atoms with E-state index in [0.717, 1.165) is 24.4 Å². The van der Waals surface area contributed by atoms with Crippen molar-refractivity contribution in [2.75, 3.05) is 19.6 Å². The Morgan fingerprint density at radius 2 is 1.93 bits per heavy atom. The van der Waals surface area contributed by atoms with Crippen molar-refractivity contribution >= 4 is 17.5 Å². The van der Waals surface area contributed by atoms with Crippen molar-refractivity contribution in [3.05, 3.63) is 76.0 Å². The van der Waals surface area contributed by atoms with Crippen LogP contribution in [0, 0.1) is 13.8 Å². The first kappa shape index (κ1) is 20.7. The van der Waals surface area contributed by atoms with Crippen LogP contribution >= 0.6 is 11.6 Å². The smallest absolute Gasteiger partial charge is 0.256 e. The van der Waals surface area contributed by atoms with Gasteiger partial charge in [-0.25, -0.2) is 4.68 Å². The third kappa shape index (κ3) is 4.45. The zero-order valence-electron chi connectivity index (χ0n) is 17.4. The fourth-order valence-corrected chi connectivity index (χ4v) is 4.32. The summed E-state index contributed by atoms with van der Waals surface area (Å²) in [5.74, 6) is 0.665. The highest BCUT2D eigenvalue weighted by molar-refractivity contribution is 6.33. The van der Waals surface area contributed by atoms with Crippen molar-refractivity contribution in [1.29, 1.82) is 0 Å². The van der Waals surface area contributed by atoms with Crippen molar-refractivity contribution in [2.24, 2.45) is 0 Å². The minimum absolute atomic E-state index is 0.0214. The van der Waals surface area contributed by atoms with Crippen LogP contribution in [-0.4, -0.2) is 40.2 Å². The Morgan fingerprint density at radius 3 is 2.60 bits per heavy atom. The number of rotatable bonds is 7. The molecular weight excluding hydrogens is 400 g/mol. The van der Waals surface area contributed by atoms with Crippen LogP contribution in [0.5, 0.6) is 0 Å². The predicted octanol–water partition coefficient (Wildman–Crippen LogP) is 4.36. The molecule has 0 aliphatic carbocycles. The maximum atomic E-state index is 13.0. The number of halogens is 1. The number of benzene rings is 1. The molecule has 0 spiro atoms. The first-order valence-corrected chi connectivity index (χ1v) is 10.7. The number of hydrogen-bond donors (Lipinski definition) is 1. The molecule has 3 heterocycles. The summed E-state index contributed by atoms with van der Waals surface area (Å²) in [5.41, 5.74) is 3.35. The van der Waals surface area contributed by atoms with Crippen LogP contribution in [-0.2, 0) is 6.54 Å². The number of furan rings is 1. The van der Waals surface area contributed by atoms with Gasteiger partial charge in [-0.3, -0.25) is 9.69 Å². The van der Waals surface area contributed by atoms with Crippen molar-refractivity contribution in [1.82, 2.24) is 20.0 Å². The van der Waals surface area contributed by atoms with E-state index in [1.807, 2.05) is 31.2 Å². The molecule has 4 rings (SSSR count). The average molecular weight is 427 g/mol. The van der Waals surface area contributed by atoms with Crippen LogP contribution in [0.15, 0.2) is 47.1 Å². The Balaban J connectivity index is 1.47. The minimum atomic E-state index is -0.205. The Bertz CT molecular complexity index is 989. The van der Waals surface area contributed by atoms with Crippen LogP contribution in [0.1, 0.15) is 51.8 Å². The molecule has 2 aromatic heterocycles. The van der Waals surface area contributed by atoms with Crippen molar-refractivity contribution in [3.8, 4) is 0 Å². The van der Waals surface area contributed by atoms with Gasteiger partial charge in [-0.15, -0.1) is 0 Å². The molecule has 3 aromatic rings. The monoisotopic (exact) mass is 426 g/mol. The Hall–Kier alpha value is -2.57. The number of aromatic nitrogens is 2. The third-order valence-corrected chi connectivity index (χ3v) is 6.04. The Kier molecular flexibility index (Phi) is 6.25. The topological polar surface area (TPSA) is 63.3 Å². The summed E-state index contributed by atoms with van der Waals surface area (Å²) in [4.78, 5) is 15.3. The van der Waals surface area contributed by atoms with Crippen molar-refractivity contribution in [2.45, 2.75) is 39.3 Å². The summed E-state index contributed by atoms with van der Waals surface area (Å²) < 4.78 is 7.32. The van der Waals surface area contributed by atoms with E-state index in [-0.39, 0.29) is 11.9 Å². The molecule has 0 saturated carbocycles.